The smallest absolute Gasteiger partial charge is 0.267 e. The molecule has 3 aromatic rings. The second kappa shape index (κ2) is 3.29. The number of aromatic nitrogens is 2. The molecule has 0 amide bonds. The molecule has 74 valence electrons. The SMILES string of the molecule is O=c1[nH]nc(-c2cccs2)c2sccc12. The van der Waals surface area contributed by atoms with Crippen LogP contribution in [0.5, 0.6) is 0 Å². The van der Waals surface area contributed by atoms with Crippen LogP contribution < -0.4 is 5.56 Å². The second-order valence-electron chi connectivity index (χ2n) is 3.04. The molecule has 0 spiro atoms. The topological polar surface area (TPSA) is 45.8 Å². The average molecular weight is 234 g/mol. The van der Waals surface area contributed by atoms with Crippen LogP contribution in [-0.4, -0.2) is 10.2 Å². The number of nitrogens with one attached hydrogen (secondary N) is 1. The first-order chi connectivity index (χ1) is 7.36. The minimum absolute atomic E-state index is 0.119. The van der Waals surface area contributed by atoms with Crippen LogP contribution in [0.2, 0.25) is 0 Å². The van der Waals surface area contributed by atoms with Crippen LogP contribution in [-0.2, 0) is 0 Å². The average Bonchev–Trinajstić information content (AvgIpc) is 2.88. The molecule has 1 N–H and O–H groups in total. The van der Waals surface area contributed by atoms with Gasteiger partial charge in [0.2, 0.25) is 0 Å². The zero-order valence-electron chi connectivity index (χ0n) is 7.56. The summed E-state index contributed by atoms with van der Waals surface area (Å²) in [6.45, 7) is 0. The van der Waals surface area contributed by atoms with Crippen molar-refractivity contribution in [3.8, 4) is 10.6 Å². The molecule has 0 aliphatic carbocycles. The lowest BCUT2D eigenvalue weighted by atomic mass is 10.3. The van der Waals surface area contributed by atoms with Gasteiger partial charge in [-0.15, -0.1) is 22.7 Å². The van der Waals surface area contributed by atoms with Gasteiger partial charge in [-0.3, -0.25) is 4.79 Å². The number of rotatable bonds is 1. The highest BCUT2D eigenvalue weighted by Crippen LogP contribution is 2.30. The fourth-order valence-electron chi connectivity index (χ4n) is 1.47. The lowest BCUT2D eigenvalue weighted by Gasteiger charge is -1.96. The first-order valence-corrected chi connectivity index (χ1v) is 6.12. The Morgan fingerprint density at radius 2 is 2.13 bits per heavy atom. The van der Waals surface area contributed by atoms with E-state index in [0.29, 0.717) is 0 Å². The number of nitrogens with zero attached hydrogens (tertiary/aromatic N) is 1. The maximum atomic E-state index is 11.5. The Kier molecular flexibility index (Phi) is 1.93. The predicted octanol–water partition coefficient (Wildman–Crippen LogP) is 2.71. The Bertz CT molecular complexity index is 651. The van der Waals surface area contributed by atoms with Gasteiger partial charge >= 0.3 is 0 Å². The second-order valence-corrected chi connectivity index (χ2v) is 4.91. The zero-order valence-corrected chi connectivity index (χ0v) is 9.19. The van der Waals surface area contributed by atoms with Gasteiger partial charge in [-0.2, -0.15) is 5.10 Å². The summed E-state index contributed by atoms with van der Waals surface area (Å²) in [7, 11) is 0. The minimum atomic E-state index is -0.119. The quantitative estimate of drug-likeness (QED) is 0.703. The van der Waals surface area contributed by atoms with Gasteiger partial charge in [-0.1, -0.05) is 6.07 Å². The number of aromatic amines is 1. The summed E-state index contributed by atoms with van der Waals surface area (Å²) >= 11 is 3.17. The Balaban J connectivity index is 2.42. The molecular formula is C10H6N2OS2. The molecule has 15 heavy (non-hydrogen) atoms. The molecule has 0 saturated carbocycles. The van der Waals surface area contributed by atoms with Crippen molar-refractivity contribution in [3.05, 3.63) is 39.3 Å². The van der Waals surface area contributed by atoms with Gasteiger partial charge < -0.3 is 0 Å². The number of fused-ring (bicyclic) bond motifs is 1. The number of hydrogen-bond acceptors (Lipinski definition) is 4. The molecule has 0 radical (unpaired) electrons. The fourth-order valence-corrected chi connectivity index (χ4v) is 3.15. The van der Waals surface area contributed by atoms with Crippen molar-refractivity contribution in [2.24, 2.45) is 0 Å². The predicted molar refractivity (Wildman–Crippen MR) is 63.6 cm³/mol. The summed E-state index contributed by atoms with van der Waals surface area (Å²) in [4.78, 5) is 12.5. The van der Waals surface area contributed by atoms with Gasteiger partial charge in [0.15, 0.2) is 0 Å². The third-order valence-corrected chi connectivity index (χ3v) is 3.95. The van der Waals surface area contributed by atoms with Crippen LogP contribution in [0.1, 0.15) is 0 Å². The fraction of sp³-hybridized carbons (Fsp3) is 0. The molecule has 3 nitrogen and oxygen atoms in total. The van der Waals surface area contributed by atoms with Crippen LogP contribution in [0.15, 0.2) is 33.8 Å². The van der Waals surface area contributed by atoms with Crippen molar-refractivity contribution in [2.45, 2.75) is 0 Å². The zero-order chi connectivity index (χ0) is 10.3. The molecule has 0 unspecified atom stereocenters. The Morgan fingerprint density at radius 3 is 2.93 bits per heavy atom. The molecule has 3 aromatic heterocycles. The van der Waals surface area contributed by atoms with Gasteiger partial charge in [-0.05, 0) is 22.9 Å². The Morgan fingerprint density at radius 1 is 1.20 bits per heavy atom. The highest BCUT2D eigenvalue weighted by molar-refractivity contribution is 7.19. The molecule has 0 aliphatic rings. The molecule has 0 fully saturated rings. The van der Waals surface area contributed by atoms with Gasteiger partial charge in [0.05, 0.1) is 15.0 Å². The van der Waals surface area contributed by atoms with Crippen molar-refractivity contribution in [1.82, 2.24) is 10.2 Å². The Labute approximate surface area is 93.0 Å². The maximum absolute atomic E-state index is 11.5. The van der Waals surface area contributed by atoms with Crippen LogP contribution in [0.3, 0.4) is 0 Å². The lowest BCUT2D eigenvalue weighted by molar-refractivity contribution is 1.02. The molecule has 3 rings (SSSR count). The van der Waals surface area contributed by atoms with E-state index < -0.39 is 0 Å². The number of H-pyrrole nitrogens is 1. The van der Waals surface area contributed by atoms with Crippen LogP contribution in [0.25, 0.3) is 20.7 Å². The largest absolute Gasteiger partial charge is 0.272 e. The van der Waals surface area contributed by atoms with Crippen molar-refractivity contribution < 1.29 is 0 Å². The van der Waals surface area contributed by atoms with E-state index in [1.165, 1.54) is 0 Å². The van der Waals surface area contributed by atoms with E-state index in [4.69, 9.17) is 0 Å². The van der Waals surface area contributed by atoms with Crippen LogP contribution in [0.4, 0.5) is 0 Å². The third-order valence-electron chi connectivity index (χ3n) is 2.15. The Hall–Kier alpha value is -1.46. The molecule has 0 atom stereocenters. The summed E-state index contributed by atoms with van der Waals surface area (Å²) in [6.07, 6.45) is 0. The minimum Gasteiger partial charge on any atom is -0.267 e. The van der Waals surface area contributed by atoms with Crippen molar-refractivity contribution >= 4 is 32.8 Å². The summed E-state index contributed by atoms with van der Waals surface area (Å²) in [5.74, 6) is 0. The van der Waals surface area contributed by atoms with Gasteiger partial charge in [0, 0.05) is 0 Å². The third kappa shape index (κ3) is 1.32. The van der Waals surface area contributed by atoms with E-state index >= 15 is 0 Å². The standard InChI is InChI=1S/C10H6N2OS2/c13-10-6-3-5-15-9(6)8(11-12-10)7-2-1-4-14-7/h1-5H,(H,12,13). The van der Waals surface area contributed by atoms with Crippen molar-refractivity contribution in [2.75, 3.05) is 0 Å². The van der Waals surface area contributed by atoms with Crippen LogP contribution in [0, 0.1) is 0 Å². The van der Waals surface area contributed by atoms with E-state index in [9.17, 15) is 4.79 Å². The summed E-state index contributed by atoms with van der Waals surface area (Å²) in [5.41, 5.74) is 0.751. The summed E-state index contributed by atoms with van der Waals surface area (Å²) < 4.78 is 0.959. The first-order valence-electron chi connectivity index (χ1n) is 4.36. The van der Waals surface area contributed by atoms with Crippen molar-refractivity contribution in [3.63, 3.8) is 0 Å². The molecular weight excluding hydrogens is 228 g/mol. The maximum Gasteiger partial charge on any atom is 0.272 e. The molecule has 0 bridgehead atoms. The molecule has 5 heteroatoms. The summed E-state index contributed by atoms with van der Waals surface area (Å²) in [5, 5.41) is 11.3. The molecule has 0 saturated heterocycles. The number of thiophene rings is 2. The van der Waals surface area contributed by atoms with E-state index in [1.54, 1.807) is 22.7 Å². The van der Waals surface area contributed by atoms with Crippen molar-refractivity contribution in [1.29, 1.82) is 0 Å². The highest BCUT2D eigenvalue weighted by Gasteiger charge is 2.09. The monoisotopic (exact) mass is 234 g/mol. The van der Waals surface area contributed by atoms with E-state index in [0.717, 1.165) is 20.7 Å². The lowest BCUT2D eigenvalue weighted by Crippen LogP contribution is -2.07. The van der Waals surface area contributed by atoms with Gasteiger partial charge in [0.1, 0.15) is 5.69 Å². The van der Waals surface area contributed by atoms with Crippen LogP contribution >= 0.6 is 22.7 Å². The van der Waals surface area contributed by atoms with E-state index in [-0.39, 0.29) is 5.56 Å². The highest BCUT2D eigenvalue weighted by atomic mass is 32.1. The molecule has 3 heterocycles. The first kappa shape index (κ1) is 8.82. The summed E-state index contributed by atoms with van der Waals surface area (Å²) in [6, 6.07) is 5.81. The van der Waals surface area contributed by atoms with Gasteiger partial charge in [-0.25, -0.2) is 5.10 Å². The normalized spacial score (nSPS) is 10.9. The van der Waals surface area contributed by atoms with Gasteiger partial charge in [0.25, 0.3) is 5.56 Å². The molecule has 0 aliphatic heterocycles. The van der Waals surface area contributed by atoms with E-state index in [2.05, 4.69) is 10.2 Å². The molecule has 0 aromatic carbocycles. The van der Waals surface area contributed by atoms with E-state index in [1.807, 2.05) is 29.0 Å². The number of hydrogen-bond donors (Lipinski definition) is 1.